The number of benzene rings is 1. The summed E-state index contributed by atoms with van der Waals surface area (Å²) in [6, 6.07) is 10.1. The average molecular weight is 388 g/mol. The van der Waals surface area contributed by atoms with E-state index in [2.05, 4.69) is 17.0 Å². The van der Waals surface area contributed by atoms with Gasteiger partial charge in [-0.05, 0) is 58.6 Å². The van der Waals surface area contributed by atoms with Crippen LogP contribution in [0.1, 0.15) is 46.5 Å². The topological polar surface area (TPSA) is 53.1 Å². The van der Waals surface area contributed by atoms with Crippen LogP contribution in [-0.4, -0.2) is 66.2 Å². The number of hydrogen-bond donors (Lipinski definition) is 0. The summed E-state index contributed by atoms with van der Waals surface area (Å²) in [5.74, 6) is 0.0308. The molecule has 2 atom stereocenters. The lowest BCUT2D eigenvalue weighted by Crippen LogP contribution is -2.54. The minimum Gasteiger partial charge on any atom is -0.444 e. The highest BCUT2D eigenvalue weighted by Gasteiger charge is 2.39. The van der Waals surface area contributed by atoms with Crippen LogP contribution in [-0.2, 0) is 9.53 Å². The van der Waals surface area contributed by atoms with E-state index >= 15 is 0 Å². The van der Waals surface area contributed by atoms with Crippen LogP contribution in [0.15, 0.2) is 30.3 Å². The summed E-state index contributed by atoms with van der Waals surface area (Å²) < 4.78 is 5.51. The third-order valence-electron chi connectivity index (χ3n) is 5.58. The van der Waals surface area contributed by atoms with Crippen molar-refractivity contribution in [1.82, 2.24) is 9.80 Å². The van der Waals surface area contributed by atoms with Crippen molar-refractivity contribution in [2.45, 2.75) is 64.1 Å². The number of carbonyl (C=O) groups is 2. The predicted octanol–water partition coefficient (Wildman–Crippen LogP) is 3.51. The second-order valence-electron chi connectivity index (χ2n) is 8.86. The quantitative estimate of drug-likeness (QED) is 0.796. The van der Waals surface area contributed by atoms with Crippen LogP contribution in [0.2, 0.25) is 0 Å². The van der Waals surface area contributed by atoms with Gasteiger partial charge in [0.05, 0.1) is 0 Å². The summed E-state index contributed by atoms with van der Waals surface area (Å²) in [6.07, 6.45) is 3.20. The molecule has 6 nitrogen and oxygen atoms in total. The lowest BCUT2D eigenvalue weighted by molar-refractivity contribution is -0.136. The first-order chi connectivity index (χ1) is 13.3. The van der Waals surface area contributed by atoms with Crippen molar-refractivity contribution in [3.8, 4) is 0 Å². The first-order valence-corrected chi connectivity index (χ1v) is 10.3. The van der Waals surface area contributed by atoms with Gasteiger partial charge in [0.2, 0.25) is 5.91 Å². The molecular formula is C22H33N3O3. The number of likely N-dealkylation sites (N-methyl/N-ethyl adjacent to an activating group) is 1. The van der Waals surface area contributed by atoms with E-state index in [4.69, 9.17) is 4.74 Å². The summed E-state index contributed by atoms with van der Waals surface area (Å²) in [7, 11) is 1.88. The van der Waals surface area contributed by atoms with Crippen molar-refractivity contribution in [2.75, 3.05) is 31.6 Å². The Morgan fingerprint density at radius 3 is 2.43 bits per heavy atom. The van der Waals surface area contributed by atoms with Crippen molar-refractivity contribution in [1.29, 1.82) is 0 Å². The maximum absolute atomic E-state index is 13.2. The zero-order valence-corrected chi connectivity index (χ0v) is 17.6. The van der Waals surface area contributed by atoms with Gasteiger partial charge >= 0.3 is 6.09 Å². The third kappa shape index (κ3) is 4.78. The van der Waals surface area contributed by atoms with E-state index in [1.165, 1.54) is 5.69 Å². The molecule has 0 bridgehead atoms. The van der Waals surface area contributed by atoms with E-state index in [-0.39, 0.29) is 18.0 Å². The molecule has 2 heterocycles. The van der Waals surface area contributed by atoms with Gasteiger partial charge in [-0.2, -0.15) is 0 Å². The number of likely N-dealkylation sites (tertiary alicyclic amines) is 1. The first-order valence-electron chi connectivity index (χ1n) is 10.3. The van der Waals surface area contributed by atoms with Gasteiger partial charge in [0, 0.05) is 38.4 Å². The Balaban J connectivity index is 1.65. The number of para-hydroxylation sites is 1. The zero-order valence-electron chi connectivity index (χ0n) is 17.6. The van der Waals surface area contributed by atoms with Crippen LogP contribution in [0, 0.1) is 0 Å². The van der Waals surface area contributed by atoms with Gasteiger partial charge in [-0.25, -0.2) is 4.79 Å². The molecule has 6 heteroatoms. The molecule has 2 aliphatic heterocycles. The fraction of sp³-hybridized carbons (Fsp3) is 0.636. The second kappa shape index (κ2) is 8.41. The number of hydrogen-bond acceptors (Lipinski definition) is 4. The van der Waals surface area contributed by atoms with E-state index in [0.717, 1.165) is 32.4 Å². The number of nitrogens with zero attached hydrogens (tertiary/aromatic N) is 3. The maximum Gasteiger partial charge on any atom is 0.410 e. The van der Waals surface area contributed by atoms with Gasteiger partial charge in [-0.1, -0.05) is 18.2 Å². The Bertz CT molecular complexity index is 686. The van der Waals surface area contributed by atoms with Crippen molar-refractivity contribution in [3.05, 3.63) is 30.3 Å². The fourth-order valence-corrected chi connectivity index (χ4v) is 4.12. The highest BCUT2D eigenvalue weighted by atomic mass is 16.6. The van der Waals surface area contributed by atoms with E-state index in [9.17, 15) is 9.59 Å². The molecule has 28 heavy (non-hydrogen) atoms. The van der Waals surface area contributed by atoms with Gasteiger partial charge in [0.1, 0.15) is 11.6 Å². The summed E-state index contributed by atoms with van der Waals surface area (Å²) in [4.78, 5) is 31.6. The number of piperidine rings is 1. The molecule has 1 aromatic rings. The predicted molar refractivity (Wildman–Crippen MR) is 110 cm³/mol. The average Bonchev–Trinajstić information content (AvgIpc) is 3.16. The number of carbonyl (C=O) groups excluding carboxylic acids is 2. The third-order valence-corrected chi connectivity index (χ3v) is 5.58. The lowest BCUT2D eigenvalue weighted by atomic mass is 10.0. The monoisotopic (exact) mass is 387 g/mol. The van der Waals surface area contributed by atoms with Crippen molar-refractivity contribution < 1.29 is 14.3 Å². The molecule has 3 rings (SSSR count). The van der Waals surface area contributed by atoms with E-state index < -0.39 is 11.6 Å². The normalized spacial score (nSPS) is 22.9. The Morgan fingerprint density at radius 1 is 1.07 bits per heavy atom. The molecule has 0 N–H and O–H groups in total. The minimum atomic E-state index is -0.557. The van der Waals surface area contributed by atoms with Crippen LogP contribution in [0.4, 0.5) is 10.5 Å². The molecule has 2 saturated heterocycles. The Hall–Kier alpha value is -2.24. The number of rotatable bonds is 3. The van der Waals surface area contributed by atoms with E-state index in [1.807, 2.05) is 50.9 Å². The summed E-state index contributed by atoms with van der Waals surface area (Å²) in [6.45, 7) is 7.97. The SMILES string of the molecule is CN(C(=O)C1CCCN1C(=O)OC(C)(C)C)C1CCCN(c2ccccc2)C1. The molecule has 2 fully saturated rings. The smallest absolute Gasteiger partial charge is 0.410 e. The fourth-order valence-electron chi connectivity index (χ4n) is 4.12. The molecule has 0 radical (unpaired) electrons. The van der Waals surface area contributed by atoms with Gasteiger partial charge in [0.15, 0.2) is 0 Å². The molecule has 154 valence electrons. The summed E-state index contributed by atoms with van der Waals surface area (Å²) in [5, 5.41) is 0. The van der Waals surface area contributed by atoms with Crippen LogP contribution in [0.25, 0.3) is 0 Å². The van der Waals surface area contributed by atoms with E-state index in [0.29, 0.717) is 13.0 Å². The van der Waals surface area contributed by atoms with Crippen molar-refractivity contribution in [2.24, 2.45) is 0 Å². The molecule has 1 aromatic carbocycles. The van der Waals surface area contributed by atoms with Gasteiger partial charge < -0.3 is 14.5 Å². The first kappa shape index (κ1) is 20.5. The van der Waals surface area contributed by atoms with Crippen LogP contribution >= 0.6 is 0 Å². The highest BCUT2D eigenvalue weighted by molar-refractivity contribution is 5.86. The van der Waals surface area contributed by atoms with Crippen LogP contribution in [0.5, 0.6) is 0 Å². The summed E-state index contributed by atoms with van der Waals surface area (Å²) >= 11 is 0. The van der Waals surface area contributed by atoms with Crippen molar-refractivity contribution >= 4 is 17.7 Å². The Kier molecular flexibility index (Phi) is 6.16. The molecule has 0 aliphatic carbocycles. The standard InChI is InChI=1S/C22H33N3O3/c1-22(2,3)28-21(27)25-15-9-13-19(25)20(26)23(4)18-12-8-14-24(16-18)17-10-6-5-7-11-17/h5-7,10-11,18-19H,8-9,12-16H2,1-4H3. The van der Waals surface area contributed by atoms with Gasteiger partial charge in [0.25, 0.3) is 0 Å². The number of ether oxygens (including phenoxy) is 1. The van der Waals surface area contributed by atoms with Crippen LogP contribution in [0.3, 0.4) is 0 Å². The summed E-state index contributed by atoms with van der Waals surface area (Å²) in [5.41, 5.74) is 0.642. The van der Waals surface area contributed by atoms with E-state index in [1.54, 1.807) is 4.90 Å². The van der Waals surface area contributed by atoms with Gasteiger partial charge in [-0.3, -0.25) is 9.69 Å². The van der Waals surface area contributed by atoms with Gasteiger partial charge in [-0.15, -0.1) is 0 Å². The molecule has 0 aromatic heterocycles. The molecule has 0 spiro atoms. The second-order valence-corrected chi connectivity index (χ2v) is 8.86. The molecular weight excluding hydrogens is 354 g/mol. The van der Waals surface area contributed by atoms with Crippen LogP contribution < -0.4 is 4.90 Å². The lowest BCUT2D eigenvalue weighted by Gasteiger charge is -2.40. The molecule has 2 unspecified atom stereocenters. The molecule has 2 amide bonds. The Labute approximate surface area is 168 Å². The largest absolute Gasteiger partial charge is 0.444 e. The molecule has 2 aliphatic rings. The van der Waals surface area contributed by atoms with Crippen molar-refractivity contribution in [3.63, 3.8) is 0 Å². The zero-order chi connectivity index (χ0) is 20.3. The molecule has 0 saturated carbocycles. The number of anilines is 1. The minimum absolute atomic E-state index is 0.0308. The highest BCUT2D eigenvalue weighted by Crippen LogP contribution is 2.26. The maximum atomic E-state index is 13.2. The Morgan fingerprint density at radius 2 is 1.75 bits per heavy atom. The number of amides is 2.